The van der Waals surface area contributed by atoms with Crippen molar-refractivity contribution < 1.29 is 0 Å². The predicted octanol–water partition coefficient (Wildman–Crippen LogP) is 4.17. The molecule has 1 aromatic carbocycles. The van der Waals surface area contributed by atoms with Crippen LogP contribution in [0.2, 0.25) is 0 Å². The highest BCUT2D eigenvalue weighted by Crippen LogP contribution is 2.48. The van der Waals surface area contributed by atoms with E-state index in [4.69, 9.17) is 12.2 Å². The molecule has 2 aliphatic rings. The van der Waals surface area contributed by atoms with Crippen LogP contribution in [-0.2, 0) is 11.8 Å². The molecule has 1 saturated carbocycles. The van der Waals surface area contributed by atoms with E-state index in [0.717, 1.165) is 36.1 Å². The average Bonchev–Trinajstić information content (AvgIpc) is 2.48. The molecule has 2 aromatic rings. The highest BCUT2D eigenvalue weighted by atomic mass is 32.1. The fraction of sp³-hybridized carbons (Fsp3) is 0.444. The highest BCUT2D eigenvalue weighted by molar-refractivity contribution is 7.71. The zero-order valence-corrected chi connectivity index (χ0v) is 13.6. The molecule has 0 atom stereocenters. The summed E-state index contributed by atoms with van der Waals surface area (Å²) in [6.45, 7) is 2.09. The van der Waals surface area contributed by atoms with Gasteiger partial charge in [0.2, 0.25) is 0 Å². The zero-order chi connectivity index (χ0) is 15.3. The van der Waals surface area contributed by atoms with Gasteiger partial charge in [0.15, 0.2) is 4.77 Å². The first-order chi connectivity index (χ1) is 10.6. The van der Waals surface area contributed by atoms with Crippen LogP contribution in [0, 0.1) is 11.7 Å². The van der Waals surface area contributed by atoms with Crippen LogP contribution >= 0.6 is 12.2 Å². The van der Waals surface area contributed by atoms with Gasteiger partial charge in [-0.3, -0.25) is 9.78 Å². The maximum absolute atomic E-state index is 12.7. The van der Waals surface area contributed by atoms with E-state index in [-0.39, 0.29) is 11.0 Å². The Balaban J connectivity index is 2.06. The Morgan fingerprint density at radius 1 is 1.14 bits per heavy atom. The standard InChI is InChI=1S/C18H20N2OS/c1-11-5-6-12-10-18(7-3-2-4-8-18)14-15(13(12)9-11)19-17(22)20-16(14)21/h5-6,9H,2-4,7-8,10H2,1H3,(H2,19,20,21,22). The van der Waals surface area contributed by atoms with Gasteiger partial charge in [0.05, 0.1) is 5.69 Å². The van der Waals surface area contributed by atoms with Crippen molar-refractivity contribution in [1.29, 1.82) is 0 Å². The van der Waals surface area contributed by atoms with E-state index in [1.54, 1.807) is 0 Å². The molecule has 3 nitrogen and oxygen atoms in total. The van der Waals surface area contributed by atoms with Crippen LogP contribution in [0.15, 0.2) is 23.0 Å². The Labute approximate surface area is 134 Å². The van der Waals surface area contributed by atoms with Crippen molar-refractivity contribution in [3.05, 3.63) is 50.0 Å². The van der Waals surface area contributed by atoms with Crippen molar-refractivity contribution in [2.75, 3.05) is 0 Å². The van der Waals surface area contributed by atoms with Crippen LogP contribution in [-0.4, -0.2) is 9.97 Å². The summed E-state index contributed by atoms with van der Waals surface area (Å²) in [5.41, 5.74) is 5.61. The first-order valence-corrected chi connectivity index (χ1v) is 8.47. The number of aryl methyl sites for hydroxylation is 1. The lowest BCUT2D eigenvalue weighted by molar-refractivity contribution is 0.285. The van der Waals surface area contributed by atoms with Gasteiger partial charge >= 0.3 is 0 Å². The van der Waals surface area contributed by atoms with E-state index in [2.05, 4.69) is 35.1 Å². The predicted molar refractivity (Wildman–Crippen MR) is 90.9 cm³/mol. The maximum Gasteiger partial charge on any atom is 0.256 e. The third kappa shape index (κ3) is 2.01. The Morgan fingerprint density at radius 2 is 1.91 bits per heavy atom. The Morgan fingerprint density at radius 3 is 2.68 bits per heavy atom. The minimum Gasteiger partial charge on any atom is -0.331 e. The number of rotatable bonds is 0. The molecule has 1 fully saturated rings. The average molecular weight is 312 g/mol. The minimum absolute atomic E-state index is 0.00723. The Hall–Kier alpha value is -1.68. The molecule has 4 heteroatoms. The second kappa shape index (κ2) is 4.92. The molecule has 114 valence electrons. The van der Waals surface area contributed by atoms with Gasteiger partial charge < -0.3 is 4.98 Å². The minimum atomic E-state index is -0.0110. The summed E-state index contributed by atoms with van der Waals surface area (Å²) in [4.78, 5) is 18.8. The summed E-state index contributed by atoms with van der Waals surface area (Å²) in [6.07, 6.45) is 6.86. The molecular weight excluding hydrogens is 292 g/mol. The highest BCUT2D eigenvalue weighted by Gasteiger charge is 2.42. The Bertz CT molecular complexity index is 856. The first kappa shape index (κ1) is 13.9. The normalized spacial score (nSPS) is 18.8. The summed E-state index contributed by atoms with van der Waals surface area (Å²) in [5.74, 6) is 0. The summed E-state index contributed by atoms with van der Waals surface area (Å²) in [5, 5.41) is 0. The van der Waals surface area contributed by atoms with Crippen molar-refractivity contribution in [3.8, 4) is 11.3 Å². The SMILES string of the molecule is Cc1ccc2c(c1)-c1[nH]c(=S)[nH]c(=O)c1C1(CCCCC1)C2. The van der Waals surface area contributed by atoms with Crippen LogP contribution in [0.3, 0.4) is 0 Å². The van der Waals surface area contributed by atoms with Crippen molar-refractivity contribution in [2.45, 2.75) is 50.9 Å². The lowest BCUT2D eigenvalue weighted by Crippen LogP contribution is -2.40. The van der Waals surface area contributed by atoms with Crippen LogP contribution in [0.1, 0.15) is 48.8 Å². The van der Waals surface area contributed by atoms with Gasteiger partial charge in [0.1, 0.15) is 0 Å². The molecule has 0 saturated heterocycles. The lowest BCUT2D eigenvalue weighted by Gasteiger charge is -2.41. The molecule has 0 bridgehead atoms. The lowest BCUT2D eigenvalue weighted by atomic mass is 9.62. The molecule has 1 aromatic heterocycles. The second-order valence-corrected chi connectivity index (χ2v) is 7.24. The van der Waals surface area contributed by atoms with E-state index in [1.165, 1.54) is 30.4 Å². The van der Waals surface area contributed by atoms with E-state index in [1.807, 2.05) is 0 Å². The van der Waals surface area contributed by atoms with Crippen LogP contribution < -0.4 is 5.56 Å². The molecule has 0 unspecified atom stereocenters. The number of benzene rings is 1. The topological polar surface area (TPSA) is 48.6 Å². The number of hydrogen-bond acceptors (Lipinski definition) is 2. The van der Waals surface area contributed by atoms with Gasteiger partial charge in [0, 0.05) is 16.5 Å². The van der Waals surface area contributed by atoms with Crippen molar-refractivity contribution in [2.24, 2.45) is 0 Å². The largest absolute Gasteiger partial charge is 0.331 e. The van der Waals surface area contributed by atoms with Gasteiger partial charge in [-0.15, -0.1) is 0 Å². The van der Waals surface area contributed by atoms with Gasteiger partial charge in [-0.2, -0.15) is 0 Å². The van der Waals surface area contributed by atoms with Crippen LogP contribution in [0.4, 0.5) is 0 Å². The van der Waals surface area contributed by atoms with Crippen LogP contribution in [0.5, 0.6) is 0 Å². The van der Waals surface area contributed by atoms with Crippen molar-refractivity contribution >= 4 is 12.2 Å². The van der Waals surface area contributed by atoms with Crippen molar-refractivity contribution in [3.63, 3.8) is 0 Å². The molecule has 1 heterocycles. The maximum atomic E-state index is 12.7. The van der Waals surface area contributed by atoms with Crippen LogP contribution in [0.25, 0.3) is 11.3 Å². The number of nitrogens with one attached hydrogen (secondary N) is 2. The molecule has 2 N–H and O–H groups in total. The summed E-state index contributed by atoms with van der Waals surface area (Å²) >= 11 is 5.23. The van der Waals surface area contributed by atoms with E-state index in [9.17, 15) is 4.79 Å². The molecule has 0 amide bonds. The zero-order valence-electron chi connectivity index (χ0n) is 12.8. The Kier molecular flexibility index (Phi) is 3.12. The van der Waals surface area contributed by atoms with Gasteiger partial charge in [0.25, 0.3) is 5.56 Å². The second-order valence-electron chi connectivity index (χ2n) is 6.84. The number of aromatic amines is 2. The fourth-order valence-electron chi connectivity index (χ4n) is 4.38. The summed E-state index contributed by atoms with van der Waals surface area (Å²) < 4.78 is 0.420. The first-order valence-electron chi connectivity index (χ1n) is 8.06. The van der Waals surface area contributed by atoms with Gasteiger partial charge in [-0.1, -0.05) is 37.0 Å². The quantitative estimate of drug-likeness (QED) is 0.717. The molecule has 2 aliphatic carbocycles. The molecule has 4 rings (SSSR count). The molecule has 0 radical (unpaired) electrons. The monoisotopic (exact) mass is 312 g/mol. The van der Waals surface area contributed by atoms with E-state index < -0.39 is 0 Å². The van der Waals surface area contributed by atoms with E-state index in [0.29, 0.717) is 4.77 Å². The van der Waals surface area contributed by atoms with E-state index >= 15 is 0 Å². The number of hydrogen-bond donors (Lipinski definition) is 2. The van der Waals surface area contributed by atoms with Gasteiger partial charge in [-0.05, 0) is 50.0 Å². The molecule has 0 aliphatic heterocycles. The number of fused-ring (bicyclic) bond motifs is 4. The third-order valence-electron chi connectivity index (χ3n) is 5.35. The smallest absolute Gasteiger partial charge is 0.256 e. The number of H-pyrrole nitrogens is 2. The van der Waals surface area contributed by atoms with Gasteiger partial charge in [-0.25, -0.2) is 0 Å². The molecular formula is C18H20N2OS. The number of aromatic nitrogens is 2. The molecule has 22 heavy (non-hydrogen) atoms. The van der Waals surface area contributed by atoms with Crippen molar-refractivity contribution in [1.82, 2.24) is 9.97 Å². The molecule has 1 spiro atoms. The fourth-order valence-corrected chi connectivity index (χ4v) is 4.57. The summed E-state index contributed by atoms with van der Waals surface area (Å²) in [7, 11) is 0. The summed E-state index contributed by atoms with van der Waals surface area (Å²) in [6, 6.07) is 6.57. The third-order valence-corrected chi connectivity index (χ3v) is 5.55.